The number of sulfonamides is 1. The molecule has 0 aromatic heterocycles. The molecule has 0 saturated heterocycles. The molecule has 4 N–H and O–H groups in total. The van der Waals surface area contributed by atoms with Crippen molar-refractivity contribution in [2.75, 3.05) is 13.1 Å². The first kappa shape index (κ1) is 17.2. The second kappa shape index (κ2) is 7.43. The van der Waals surface area contributed by atoms with Crippen molar-refractivity contribution in [3.63, 3.8) is 0 Å². The van der Waals surface area contributed by atoms with E-state index < -0.39 is 10.0 Å². The van der Waals surface area contributed by atoms with Gasteiger partial charge in [-0.1, -0.05) is 6.07 Å². The molecule has 1 aromatic carbocycles. The Morgan fingerprint density at radius 1 is 1.45 bits per heavy atom. The summed E-state index contributed by atoms with van der Waals surface area (Å²) in [6.45, 7) is 2.35. The third-order valence-corrected chi connectivity index (χ3v) is 5.97. The summed E-state index contributed by atoms with van der Waals surface area (Å²) in [6.07, 6.45) is 3.45. The molecule has 0 amide bonds. The molecule has 1 fully saturated rings. The van der Waals surface area contributed by atoms with E-state index in [1.165, 1.54) is 6.42 Å². The molecule has 1 aliphatic rings. The Labute approximate surface area is 139 Å². The van der Waals surface area contributed by atoms with Crippen LogP contribution in [0.25, 0.3) is 0 Å². The second-order valence-corrected chi connectivity index (χ2v) is 7.96. The zero-order chi connectivity index (χ0) is 16.2. The number of nitrogens with zero attached hydrogens (tertiary/aromatic N) is 1. The van der Waals surface area contributed by atoms with Crippen molar-refractivity contribution in [3.8, 4) is 0 Å². The van der Waals surface area contributed by atoms with E-state index in [0.29, 0.717) is 23.0 Å². The quantitative estimate of drug-likeness (QED) is 0.390. The Morgan fingerprint density at radius 2 is 2.18 bits per heavy atom. The van der Waals surface area contributed by atoms with Crippen molar-refractivity contribution in [2.24, 2.45) is 10.7 Å². The van der Waals surface area contributed by atoms with Crippen LogP contribution in [-0.4, -0.2) is 33.5 Å². The van der Waals surface area contributed by atoms with E-state index in [-0.39, 0.29) is 11.4 Å². The summed E-state index contributed by atoms with van der Waals surface area (Å²) in [6, 6.07) is 5.62. The van der Waals surface area contributed by atoms with Crippen molar-refractivity contribution in [3.05, 3.63) is 28.2 Å². The van der Waals surface area contributed by atoms with Crippen molar-refractivity contribution >= 4 is 31.9 Å². The van der Waals surface area contributed by atoms with Crippen LogP contribution in [0.4, 0.5) is 0 Å². The highest BCUT2D eigenvalue weighted by Crippen LogP contribution is 2.22. The molecule has 0 aliphatic heterocycles. The van der Waals surface area contributed by atoms with Gasteiger partial charge in [0, 0.05) is 17.1 Å². The first-order chi connectivity index (χ1) is 10.4. The van der Waals surface area contributed by atoms with Crippen LogP contribution in [0.2, 0.25) is 0 Å². The fraction of sp³-hybridized carbons (Fsp3) is 0.500. The van der Waals surface area contributed by atoms with Crippen LogP contribution >= 0.6 is 15.9 Å². The molecule has 122 valence electrons. The molecule has 8 heteroatoms. The minimum absolute atomic E-state index is 0.204. The Kier molecular flexibility index (Phi) is 5.82. The number of aliphatic imine (C=N–C) groups is 1. The zero-order valence-corrected chi connectivity index (χ0v) is 14.9. The van der Waals surface area contributed by atoms with Gasteiger partial charge in [0.1, 0.15) is 0 Å². The average Bonchev–Trinajstić information content (AvgIpc) is 2.42. The number of benzene rings is 1. The minimum Gasteiger partial charge on any atom is -0.370 e. The van der Waals surface area contributed by atoms with Gasteiger partial charge in [0.15, 0.2) is 5.96 Å². The van der Waals surface area contributed by atoms with Crippen LogP contribution in [0, 0.1) is 6.92 Å². The Balaban J connectivity index is 1.87. The van der Waals surface area contributed by atoms with Gasteiger partial charge in [0.05, 0.1) is 11.4 Å². The first-order valence-electron chi connectivity index (χ1n) is 7.21. The molecule has 0 bridgehead atoms. The highest BCUT2D eigenvalue weighted by molar-refractivity contribution is 9.10. The van der Waals surface area contributed by atoms with Crippen molar-refractivity contribution in [1.29, 1.82) is 0 Å². The van der Waals surface area contributed by atoms with Gasteiger partial charge in [-0.3, -0.25) is 4.99 Å². The van der Waals surface area contributed by atoms with Gasteiger partial charge in [-0.2, -0.15) is 0 Å². The summed E-state index contributed by atoms with van der Waals surface area (Å²) in [5.41, 5.74) is 6.63. The molecule has 0 unspecified atom stereocenters. The highest BCUT2D eigenvalue weighted by atomic mass is 79.9. The molecule has 0 heterocycles. The Hall–Kier alpha value is -1.12. The largest absolute Gasteiger partial charge is 0.370 e. The minimum atomic E-state index is -3.56. The van der Waals surface area contributed by atoms with Crippen LogP contribution in [0.15, 0.2) is 32.6 Å². The van der Waals surface area contributed by atoms with E-state index in [9.17, 15) is 8.42 Å². The van der Waals surface area contributed by atoms with Gasteiger partial charge >= 0.3 is 0 Å². The molecule has 2 rings (SSSR count). The van der Waals surface area contributed by atoms with E-state index in [4.69, 9.17) is 5.73 Å². The fourth-order valence-corrected chi connectivity index (χ4v) is 4.13. The molecule has 0 radical (unpaired) electrons. The van der Waals surface area contributed by atoms with E-state index >= 15 is 0 Å². The maximum atomic E-state index is 12.2. The summed E-state index contributed by atoms with van der Waals surface area (Å²) in [5, 5.41) is 3.11. The molecular weight excluding hydrogens is 368 g/mol. The Morgan fingerprint density at radius 3 is 2.82 bits per heavy atom. The normalized spacial score (nSPS) is 16.4. The van der Waals surface area contributed by atoms with Gasteiger partial charge < -0.3 is 11.1 Å². The van der Waals surface area contributed by atoms with Gasteiger partial charge in [-0.05, 0) is 59.8 Å². The maximum absolute atomic E-state index is 12.2. The number of hydrogen-bond acceptors (Lipinski definition) is 3. The molecule has 22 heavy (non-hydrogen) atoms. The monoisotopic (exact) mass is 388 g/mol. The third-order valence-electron chi connectivity index (χ3n) is 3.52. The summed E-state index contributed by atoms with van der Waals surface area (Å²) >= 11 is 3.26. The number of nitrogens with two attached hydrogens (primary N) is 1. The topological polar surface area (TPSA) is 96.6 Å². The number of guanidine groups is 1. The van der Waals surface area contributed by atoms with E-state index in [0.717, 1.165) is 18.4 Å². The summed E-state index contributed by atoms with van der Waals surface area (Å²) < 4.78 is 27.6. The third kappa shape index (κ3) is 4.69. The second-order valence-electron chi connectivity index (χ2n) is 5.37. The van der Waals surface area contributed by atoms with Crippen LogP contribution in [0.3, 0.4) is 0 Å². The van der Waals surface area contributed by atoms with Gasteiger partial charge in [0.2, 0.25) is 10.0 Å². The fourth-order valence-electron chi connectivity index (χ4n) is 2.06. The van der Waals surface area contributed by atoms with Crippen LogP contribution in [0.1, 0.15) is 24.8 Å². The summed E-state index contributed by atoms with van der Waals surface area (Å²) in [5.74, 6) is 0.376. The maximum Gasteiger partial charge on any atom is 0.241 e. The number of hydrogen-bond donors (Lipinski definition) is 3. The summed E-state index contributed by atoms with van der Waals surface area (Å²) in [7, 11) is -3.56. The molecule has 1 saturated carbocycles. The molecule has 1 aromatic rings. The standard InChI is InChI=1S/C14H21BrN4O2S/c1-10-5-6-12(15)13(9-10)22(20,21)18-8-7-17-14(16)19-11-3-2-4-11/h5-6,9,11,18H,2-4,7-8H2,1H3,(H3,16,17,19). The van der Waals surface area contributed by atoms with Gasteiger partial charge in [-0.25, -0.2) is 13.1 Å². The first-order valence-corrected chi connectivity index (χ1v) is 9.48. The lowest BCUT2D eigenvalue weighted by Gasteiger charge is -2.26. The van der Waals surface area contributed by atoms with E-state index in [1.807, 2.05) is 13.0 Å². The lowest BCUT2D eigenvalue weighted by Crippen LogP contribution is -2.44. The van der Waals surface area contributed by atoms with Crippen molar-refractivity contribution in [1.82, 2.24) is 10.0 Å². The molecular formula is C14H21BrN4O2S. The molecule has 1 aliphatic carbocycles. The number of aryl methyl sites for hydroxylation is 1. The van der Waals surface area contributed by atoms with E-state index in [2.05, 4.69) is 31.0 Å². The zero-order valence-electron chi connectivity index (χ0n) is 12.5. The Bertz CT molecular complexity index is 657. The SMILES string of the molecule is Cc1ccc(Br)c(S(=O)(=O)NCCN=C(N)NC2CCC2)c1. The summed E-state index contributed by atoms with van der Waals surface area (Å²) in [4.78, 5) is 4.36. The lowest BCUT2D eigenvalue weighted by atomic mass is 9.93. The number of nitrogens with one attached hydrogen (secondary N) is 2. The van der Waals surface area contributed by atoms with E-state index in [1.54, 1.807) is 12.1 Å². The van der Waals surface area contributed by atoms with Crippen molar-refractivity contribution < 1.29 is 8.42 Å². The van der Waals surface area contributed by atoms with Crippen molar-refractivity contribution in [2.45, 2.75) is 37.1 Å². The number of rotatable bonds is 6. The lowest BCUT2D eigenvalue weighted by molar-refractivity contribution is 0.382. The molecule has 0 spiro atoms. The predicted octanol–water partition coefficient (Wildman–Crippen LogP) is 1.49. The van der Waals surface area contributed by atoms with Crippen LogP contribution in [-0.2, 0) is 10.0 Å². The number of halogens is 1. The smallest absolute Gasteiger partial charge is 0.241 e. The van der Waals surface area contributed by atoms with Crippen LogP contribution < -0.4 is 15.8 Å². The molecule has 6 nitrogen and oxygen atoms in total. The highest BCUT2D eigenvalue weighted by Gasteiger charge is 2.18. The average molecular weight is 389 g/mol. The van der Waals surface area contributed by atoms with Gasteiger partial charge in [0.25, 0.3) is 0 Å². The molecule has 0 atom stereocenters. The van der Waals surface area contributed by atoms with Crippen LogP contribution in [0.5, 0.6) is 0 Å². The van der Waals surface area contributed by atoms with Gasteiger partial charge in [-0.15, -0.1) is 0 Å². The predicted molar refractivity (Wildman–Crippen MR) is 91.3 cm³/mol.